The van der Waals surface area contributed by atoms with E-state index < -0.39 is 18.1 Å². The van der Waals surface area contributed by atoms with Crippen LogP contribution in [0.2, 0.25) is 0 Å². The van der Waals surface area contributed by atoms with Crippen molar-refractivity contribution in [1.82, 2.24) is 4.90 Å². The summed E-state index contributed by atoms with van der Waals surface area (Å²) in [5, 5.41) is 2.86. The number of carbonyl (C=O) groups is 3. The highest BCUT2D eigenvalue weighted by molar-refractivity contribution is 6.10. The number of hydrogen-bond acceptors (Lipinski definition) is 5. The van der Waals surface area contributed by atoms with E-state index in [9.17, 15) is 14.4 Å². The van der Waals surface area contributed by atoms with Crippen LogP contribution in [0.15, 0.2) is 28.7 Å². The summed E-state index contributed by atoms with van der Waals surface area (Å²) in [6.45, 7) is 1.13. The van der Waals surface area contributed by atoms with Gasteiger partial charge in [-0.25, -0.2) is 9.59 Å². The minimum atomic E-state index is -0.990. The second-order valence-electron chi connectivity index (χ2n) is 5.14. The number of para-hydroxylation sites is 1. The van der Waals surface area contributed by atoms with Gasteiger partial charge >= 0.3 is 12.2 Å². The molecule has 1 aromatic carbocycles. The van der Waals surface area contributed by atoms with Crippen molar-refractivity contribution in [3.05, 3.63) is 30.0 Å². The summed E-state index contributed by atoms with van der Waals surface area (Å²) in [5.41, 5.74) is 5.74. The molecule has 3 N–H and O–H groups in total. The first kappa shape index (κ1) is 14.9. The molecule has 8 heteroatoms. The van der Waals surface area contributed by atoms with Gasteiger partial charge in [0.25, 0.3) is 5.91 Å². The molecule has 8 nitrogen and oxygen atoms in total. The minimum Gasteiger partial charge on any atom is -0.449 e. The van der Waals surface area contributed by atoms with E-state index in [4.69, 9.17) is 14.9 Å². The highest BCUT2D eigenvalue weighted by Crippen LogP contribution is 2.30. The Bertz CT molecular complexity index is 777. The zero-order valence-corrected chi connectivity index (χ0v) is 12.2. The van der Waals surface area contributed by atoms with E-state index in [1.807, 2.05) is 0 Å². The number of ether oxygens (including phenoxy) is 1. The van der Waals surface area contributed by atoms with Gasteiger partial charge in [-0.1, -0.05) is 12.1 Å². The monoisotopic (exact) mass is 317 g/mol. The van der Waals surface area contributed by atoms with Gasteiger partial charge in [0.2, 0.25) is 5.76 Å². The van der Waals surface area contributed by atoms with E-state index in [0.29, 0.717) is 24.1 Å². The predicted octanol–water partition coefficient (Wildman–Crippen LogP) is 2.30. The van der Waals surface area contributed by atoms with Crippen LogP contribution in [0.1, 0.15) is 23.4 Å². The molecular weight excluding hydrogens is 302 g/mol. The van der Waals surface area contributed by atoms with Crippen LogP contribution >= 0.6 is 0 Å². The first-order chi connectivity index (χ1) is 11.1. The lowest BCUT2D eigenvalue weighted by atomic mass is 10.2. The number of furan rings is 1. The summed E-state index contributed by atoms with van der Waals surface area (Å²) in [6, 6.07) is 6.72. The fourth-order valence-electron chi connectivity index (χ4n) is 2.51. The highest BCUT2D eigenvalue weighted by atomic mass is 16.6. The van der Waals surface area contributed by atoms with Gasteiger partial charge in [-0.2, -0.15) is 0 Å². The van der Waals surface area contributed by atoms with Gasteiger partial charge in [0.15, 0.2) is 0 Å². The Hall–Kier alpha value is -3.03. The number of carbonyl (C=O) groups excluding carboxylic acids is 3. The molecule has 0 unspecified atom stereocenters. The first-order valence-electron chi connectivity index (χ1n) is 7.15. The van der Waals surface area contributed by atoms with E-state index >= 15 is 0 Å². The number of hydrogen-bond donors (Lipinski definition) is 2. The molecule has 0 saturated carbocycles. The molecule has 0 bridgehead atoms. The van der Waals surface area contributed by atoms with Crippen LogP contribution < -0.4 is 11.1 Å². The quantitative estimate of drug-likeness (QED) is 0.825. The SMILES string of the molecule is NC(=O)c1oc2ccccc2c1NC(=O)OC(=O)N1CCCC1. The number of anilines is 1. The van der Waals surface area contributed by atoms with E-state index in [-0.39, 0.29) is 11.4 Å². The largest absolute Gasteiger partial charge is 0.449 e. The fraction of sp³-hybridized carbons (Fsp3) is 0.267. The molecule has 1 fully saturated rings. The van der Waals surface area contributed by atoms with Crippen LogP contribution in [-0.4, -0.2) is 36.1 Å². The zero-order chi connectivity index (χ0) is 16.4. The van der Waals surface area contributed by atoms with E-state index in [2.05, 4.69) is 5.32 Å². The Morgan fingerprint density at radius 2 is 1.87 bits per heavy atom. The van der Waals surface area contributed by atoms with E-state index in [1.165, 1.54) is 4.90 Å². The summed E-state index contributed by atoms with van der Waals surface area (Å²) in [4.78, 5) is 36.6. The van der Waals surface area contributed by atoms with Crippen molar-refractivity contribution < 1.29 is 23.5 Å². The Kier molecular flexibility index (Phi) is 3.88. The van der Waals surface area contributed by atoms with Gasteiger partial charge < -0.3 is 19.8 Å². The van der Waals surface area contributed by atoms with Crippen molar-refractivity contribution >= 4 is 34.8 Å². The Morgan fingerprint density at radius 3 is 2.57 bits per heavy atom. The fourth-order valence-corrected chi connectivity index (χ4v) is 2.51. The minimum absolute atomic E-state index is 0.0901. The van der Waals surface area contributed by atoms with Gasteiger partial charge in [0, 0.05) is 18.5 Å². The number of nitrogens with two attached hydrogens (primary N) is 1. The molecule has 120 valence electrons. The number of rotatable bonds is 2. The lowest BCUT2D eigenvalue weighted by Gasteiger charge is -2.14. The number of nitrogens with zero attached hydrogens (tertiary/aromatic N) is 1. The van der Waals surface area contributed by atoms with Gasteiger partial charge in [-0.15, -0.1) is 0 Å². The number of nitrogens with one attached hydrogen (secondary N) is 1. The maximum absolute atomic E-state index is 11.9. The number of likely N-dealkylation sites (tertiary alicyclic amines) is 1. The van der Waals surface area contributed by atoms with Crippen LogP contribution in [0.4, 0.5) is 15.3 Å². The molecule has 3 amide bonds. The molecular formula is C15H15N3O5. The number of fused-ring (bicyclic) bond motifs is 1. The molecule has 1 aliphatic rings. The summed E-state index contributed by atoms with van der Waals surface area (Å²) >= 11 is 0. The van der Waals surface area contributed by atoms with Crippen LogP contribution in [0.25, 0.3) is 11.0 Å². The summed E-state index contributed by atoms with van der Waals surface area (Å²) < 4.78 is 10.1. The van der Waals surface area contributed by atoms with Gasteiger partial charge in [0.05, 0.1) is 0 Å². The third-order valence-corrected chi connectivity index (χ3v) is 3.59. The molecule has 0 atom stereocenters. The molecule has 0 spiro atoms. The Balaban J connectivity index is 1.80. The summed E-state index contributed by atoms with van der Waals surface area (Å²) in [7, 11) is 0. The van der Waals surface area contributed by atoms with Crippen LogP contribution in [-0.2, 0) is 4.74 Å². The van der Waals surface area contributed by atoms with E-state index in [1.54, 1.807) is 24.3 Å². The molecule has 2 heterocycles. The van der Waals surface area contributed by atoms with Gasteiger partial charge in [-0.05, 0) is 25.0 Å². The van der Waals surface area contributed by atoms with Crippen LogP contribution in [0, 0.1) is 0 Å². The normalized spacial score (nSPS) is 14.0. The predicted molar refractivity (Wildman–Crippen MR) is 81.0 cm³/mol. The van der Waals surface area contributed by atoms with Crippen molar-refractivity contribution in [2.24, 2.45) is 5.73 Å². The van der Waals surface area contributed by atoms with Crippen LogP contribution in [0.3, 0.4) is 0 Å². The highest BCUT2D eigenvalue weighted by Gasteiger charge is 2.25. The smallest absolute Gasteiger partial charge is 0.420 e. The average Bonchev–Trinajstić information content (AvgIpc) is 3.15. The maximum atomic E-state index is 11.9. The lowest BCUT2D eigenvalue weighted by molar-refractivity contribution is 0.0977. The van der Waals surface area contributed by atoms with Crippen molar-refractivity contribution in [1.29, 1.82) is 0 Å². The molecule has 2 aromatic rings. The number of amides is 3. The summed E-state index contributed by atoms with van der Waals surface area (Å²) in [6.07, 6.45) is 0.0634. The van der Waals surface area contributed by atoms with Gasteiger partial charge in [-0.3, -0.25) is 10.1 Å². The Labute approximate surface area is 131 Å². The van der Waals surface area contributed by atoms with Crippen molar-refractivity contribution in [2.75, 3.05) is 18.4 Å². The molecule has 3 rings (SSSR count). The lowest BCUT2D eigenvalue weighted by Crippen LogP contribution is -2.32. The van der Waals surface area contributed by atoms with Crippen molar-refractivity contribution in [3.63, 3.8) is 0 Å². The summed E-state index contributed by atoms with van der Waals surface area (Å²) in [5.74, 6) is -1.03. The zero-order valence-electron chi connectivity index (χ0n) is 12.2. The van der Waals surface area contributed by atoms with Gasteiger partial charge in [0.1, 0.15) is 11.3 Å². The number of benzene rings is 1. The third-order valence-electron chi connectivity index (χ3n) is 3.59. The molecule has 1 aliphatic heterocycles. The molecule has 1 saturated heterocycles. The molecule has 23 heavy (non-hydrogen) atoms. The maximum Gasteiger partial charge on any atom is 0.420 e. The molecule has 0 radical (unpaired) electrons. The second-order valence-corrected chi connectivity index (χ2v) is 5.14. The second kappa shape index (κ2) is 5.99. The Morgan fingerprint density at radius 1 is 1.17 bits per heavy atom. The topological polar surface area (TPSA) is 115 Å². The standard InChI is InChI=1S/C15H15N3O5/c16-13(19)12-11(9-5-1-2-6-10(9)22-12)17-14(20)23-15(21)18-7-3-4-8-18/h1-2,5-6H,3-4,7-8H2,(H2,16,19)(H,17,20). The van der Waals surface area contributed by atoms with Crippen LogP contribution in [0.5, 0.6) is 0 Å². The number of primary amides is 1. The average molecular weight is 317 g/mol. The van der Waals surface area contributed by atoms with E-state index in [0.717, 1.165) is 12.8 Å². The van der Waals surface area contributed by atoms with Crippen molar-refractivity contribution in [2.45, 2.75) is 12.8 Å². The first-order valence-corrected chi connectivity index (χ1v) is 7.15. The molecule has 1 aromatic heterocycles. The van der Waals surface area contributed by atoms with Crippen molar-refractivity contribution in [3.8, 4) is 0 Å². The third kappa shape index (κ3) is 2.96. The molecule has 0 aliphatic carbocycles.